The lowest BCUT2D eigenvalue weighted by atomic mass is 10.0. The van der Waals surface area contributed by atoms with Crippen LogP contribution in [-0.4, -0.2) is 11.8 Å². The maximum absolute atomic E-state index is 10.7. The average Bonchev–Trinajstić information content (AvgIpc) is 2.06. The van der Waals surface area contributed by atoms with Crippen LogP contribution in [0.1, 0.15) is 5.56 Å². The zero-order valence-corrected chi connectivity index (χ0v) is 6.86. The molecule has 0 aliphatic carbocycles. The molecule has 1 rings (SSSR count). The quantitative estimate of drug-likeness (QED) is 0.719. The predicted molar refractivity (Wildman–Crippen MR) is 48.5 cm³/mol. The zero-order valence-electron chi connectivity index (χ0n) is 6.86. The fourth-order valence-corrected chi connectivity index (χ4v) is 0.982. The lowest BCUT2D eigenvalue weighted by Gasteiger charge is -2.06. The van der Waals surface area contributed by atoms with Crippen LogP contribution in [0, 0.1) is 6.92 Å². The third kappa shape index (κ3) is 2.47. The Bertz CT molecular complexity index is 256. The van der Waals surface area contributed by atoms with Crippen molar-refractivity contribution in [3.63, 3.8) is 0 Å². The van der Waals surface area contributed by atoms with Crippen LogP contribution >= 0.6 is 0 Å². The van der Waals surface area contributed by atoms with Crippen molar-refractivity contribution < 1.29 is 4.79 Å². The first kappa shape index (κ1) is 8.94. The van der Waals surface area contributed by atoms with Gasteiger partial charge < -0.3 is 5.73 Å². The second-order valence-electron chi connectivity index (χ2n) is 2.76. The molecule has 0 bridgehead atoms. The Labute approximate surface area is 72.4 Å². The van der Waals surface area contributed by atoms with Crippen molar-refractivity contribution >= 4 is 5.78 Å². The number of hydrogen-bond acceptors (Lipinski definition) is 2. The van der Waals surface area contributed by atoms with E-state index in [1.165, 1.54) is 0 Å². The van der Waals surface area contributed by atoms with Crippen molar-refractivity contribution in [1.29, 1.82) is 0 Å². The molecule has 0 aromatic heterocycles. The number of Topliss-reactive ketones (excluding diaryl/α,β-unsaturated/α-hetero) is 1. The van der Waals surface area contributed by atoms with Gasteiger partial charge in [-0.25, -0.2) is 0 Å². The molecule has 0 fully saturated rings. The number of carbonyl (C=O) groups excluding carboxylic acids is 1. The highest BCUT2D eigenvalue weighted by Gasteiger charge is 2.07. The minimum Gasteiger partial charge on any atom is -0.321 e. The highest BCUT2D eigenvalue weighted by Crippen LogP contribution is 2.01. The molecule has 2 heteroatoms. The fraction of sp³-hybridized carbons (Fsp3) is 0.200. The molecular formula is C10H12NO. The number of benzene rings is 1. The topological polar surface area (TPSA) is 43.1 Å². The van der Waals surface area contributed by atoms with E-state index in [-0.39, 0.29) is 5.78 Å². The molecule has 0 unspecified atom stereocenters. The molecule has 1 atom stereocenters. The van der Waals surface area contributed by atoms with E-state index in [0.29, 0.717) is 6.42 Å². The number of carbonyl (C=O) groups is 1. The van der Waals surface area contributed by atoms with Crippen molar-refractivity contribution in [2.24, 2.45) is 5.73 Å². The normalized spacial score (nSPS) is 12.5. The highest BCUT2D eigenvalue weighted by atomic mass is 16.1. The monoisotopic (exact) mass is 162 g/mol. The summed E-state index contributed by atoms with van der Waals surface area (Å²) in [7, 11) is 0. The van der Waals surface area contributed by atoms with Gasteiger partial charge in [0.15, 0.2) is 0 Å². The lowest BCUT2D eigenvalue weighted by Crippen LogP contribution is -2.30. The van der Waals surface area contributed by atoms with Gasteiger partial charge in [-0.2, -0.15) is 0 Å². The Kier molecular flexibility index (Phi) is 3.00. The maximum atomic E-state index is 10.7. The van der Waals surface area contributed by atoms with Gasteiger partial charge in [0.25, 0.3) is 0 Å². The second-order valence-corrected chi connectivity index (χ2v) is 2.76. The van der Waals surface area contributed by atoms with Crippen LogP contribution in [0.5, 0.6) is 0 Å². The SMILES string of the molecule is [CH2]C(=O)[C@@H](N)Cc1ccccc1. The molecule has 0 saturated carbocycles. The molecule has 0 amide bonds. The van der Waals surface area contributed by atoms with Crippen molar-refractivity contribution in [2.45, 2.75) is 12.5 Å². The fourth-order valence-electron chi connectivity index (χ4n) is 0.982. The Morgan fingerprint density at radius 3 is 2.50 bits per heavy atom. The number of rotatable bonds is 3. The van der Waals surface area contributed by atoms with Gasteiger partial charge >= 0.3 is 0 Å². The molecule has 0 saturated heterocycles. The van der Waals surface area contributed by atoms with Gasteiger partial charge in [0.1, 0.15) is 5.78 Å². The number of ketones is 1. The molecule has 1 aromatic rings. The summed E-state index contributed by atoms with van der Waals surface area (Å²) in [5, 5.41) is 0. The molecule has 63 valence electrons. The summed E-state index contributed by atoms with van der Waals surface area (Å²) in [5.41, 5.74) is 6.61. The van der Waals surface area contributed by atoms with E-state index in [2.05, 4.69) is 6.92 Å². The summed E-state index contributed by atoms with van der Waals surface area (Å²) in [5.74, 6) is -0.209. The largest absolute Gasteiger partial charge is 0.321 e. The summed E-state index contributed by atoms with van der Waals surface area (Å²) in [6.45, 7) is 3.27. The second kappa shape index (κ2) is 4.02. The van der Waals surface area contributed by atoms with Crippen LogP contribution in [-0.2, 0) is 11.2 Å². The van der Waals surface area contributed by atoms with E-state index in [4.69, 9.17) is 5.73 Å². The van der Waals surface area contributed by atoms with Crippen molar-refractivity contribution in [1.82, 2.24) is 0 Å². The summed E-state index contributed by atoms with van der Waals surface area (Å²) in [4.78, 5) is 10.7. The van der Waals surface area contributed by atoms with Gasteiger partial charge in [-0.3, -0.25) is 4.79 Å². The van der Waals surface area contributed by atoms with Crippen LogP contribution in [0.2, 0.25) is 0 Å². The summed E-state index contributed by atoms with van der Waals surface area (Å²) in [6, 6.07) is 9.21. The maximum Gasteiger partial charge on any atom is 0.150 e. The molecule has 12 heavy (non-hydrogen) atoms. The first-order valence-electron chi connectivity index (χ1n) is 3.85. The zero-order chi connectivity index (χ0) is 8.97. The van der Waals surface area contributed by atoms with Gasteiger partial charge in [0.2, 0.25) is 0 Å². The molecule has 0 aliphatic rings. The Hall–Kier alpha value is -1.15. The smallest absolute Gasteiger partial charge is 0.150 e. The van der Waals surface area contributed by atoms with Crippen molar-refractivity contribution in [3.05, 3.63) is 42.8 Å². The molecule has 1 aromatic carbocycles. The van der Waals surface area contributed by atoms with E-state index >= 15 is 0 Å². The van der Waals surface area contributed by atoms with E-state index in [1.54, 1.807) is 0 Å². The number of hydrogen-bond donors (Lipinski definition) is 1. The van der Waals surface area contributed by atoms with Crippen LogP contribution < -0.4 is 5.73 Å². The molecular weight excluding hydrogens is 150 g/mol. The third-order valence-corrected chi connectivity index (χ3v) is 1.71. The Balaban J connectivity index is 2.58. The summed E-state index contributed by atoms with van der Waals surface area (Å²) in [6.07, 6.45) is 0.573. The summed E-state index contributed by atoms with van der Waals surface area (Å²) < 4.78 is 0. The third-order valence-electron chi connectivity index (χ3n) is 1.71. The van der Waals surface area contributed by atoms with Crippen LogP contribution in [0.15, 0.2) is 30.3 Å². The first-order valence-corrected chi connectivity index (χ1v) is 3.85. The van der Waals surface area contributed by atoms with Crippen LogP contribution in [0.4, 0.5) is 0 Å². The van der Waals surface area contributed by atoms with E-state index in [1.807, 2.05) is 30.3 Å². The van der Waals surface area contributed by atoms with Crippen LogP contribution in [0.3, 0.4) is 0 Å². The number of nitrogens with two attached hydrogens (primary N) is 1. The van der Waals surface area contributed by atoms with Gasteiger partial charge in [-0.15, -0.1) is 0 Å². The van der Waals surface area contributed by atoms with Gasteiger partial charge in [0, 0.05) is 6.92 Å². The predicted octanol–water partition coefficient (Wildman–Crippen LogP) is 0.960. The Morgan fingerprint density at radius 1 is 1.42 bits per heavy atom. The highest BCUT2D eigenvalue weighted by molar-refractivity contribution is 5.87. The van der Waals surface area contributed by atoms with Gasteiger partial charge in [-0.05, 0) is 12.0 Å². The van der Waals surface area contributed by atoms with Crippen molar-refractivity contribution in [3.8, 4) is 0 Å². The molecule has 0 heterocycles. The lowest BCUT2D eigenvalue weighted by molar-refractivity contribution is -0.116. The van der Waals surface area contributed by atoms with Crippen LogP contribution in [0.25, 0.3) is 0 Å². The minimum absolute atomic E-state index is 0.209. The minimum atomic E-state index is -0.465. The molecule has 1 radical (unpaired) electrons. The molecule has 0 spiro atoms. The first-order chi connectivity index (χ1) is 5.70. The van der Waals surface area contributed by atoms with E-state index < -0.39 is 6.04 Å². The average molecular weight is 162 g/mol. The molecule has 2 nitrogen and oxygen atoms in total. The van der Waals surface area contributed by atoms with E-state index in [9.17, 15) is 4.79 Å². The van der Waals surface area contributed by atoms with Gasteiger partial charge in [0.05, 0.1) is 6.04 Å². The van der Waals surface area contributed by atoms with Gasteiger partial charge in [-0.1, -0.05) is 30.3 Å². The Morgan fingerprint density at radius 2 is 2.00 bits per heavy atom. The molecule has 2 N–H and O–H groups in total. The van der Waals surface area contributed by atoms with E-state index in [0.717, 1.165) is 5.56 Å². The van der Waals surface area contributed by atoms with Crippen molar-refractivity contribution in [2.75, 3.05) is 0 Å². The molecule has 0 aliphatic heterocycles. The standard InChI is InChI=1S/C10H12NO/c1-8(12)10(11)7-9-5-3-2-4-6-9/h2-6,10H,1,7,11H2/t10-/m0/s1. The summed E-state index contributed by atoms with van der Waals surface area (Å²) >= 11 is 0.